The van der Waals surface area contributed by atoms with Gasteiger partial charge in [-0.05, 0) is 38.7 Å². The van der Waals surface area contributed by atoms with Crippen LogP contribution in [-0.2, 0) is 6.42 Å². The zero-order valence-electron chi connectivity index (χ0n) is 12.2. The Balaban J connectivity index is 2.13. The molecule has 1 aromatic rings. The number of H-pyrrole nitrogens is 1. The quantitative estimate of drug-likeness (QED) is 0.811. The monoisotopic (exact) mass is 260 g/mol. The Morgan fingerprint density at radius 3 is 2.50 bits per heavy atom. The molecule has 0 saturated carbocycles. The lowest BCUT2D eigenvalue weighted by Crippen LogP contribution is -2.24. The van der Waals surface area contributed by atoms with Crippen molar-refractivity contribution < 1.29 is 0 Å². The first-order valence-electron chi connectivity index (χ1n) is 6.79. The molecule has 1 N–H and O–H groups in total. The Bertz CT molecular complexity index is 482. The minimum atomic E-state index is -1.14. The van der Waals surface area contributed by atoms with Crippen LogP contribution in [0.5, 0.6) is 0 Å². The minimum Gasteiger partial charge on any atom is -0.282 e. The topological polar surface area (TPSA) is 28.7 Å². The molecule has 0 unspecified atom stereocenters. The lowest BCUT2D eigenvalue weighted by Gasteiger charge is -2.20. The van der Waals surface area contributed by atoms with Gasteiger partial charge >= 0.3 is 0 Å². The number of aromatic amines is 1. The van der Waals surface area contributed by atoms with Crippen LogP contribution in [0, 0.1) is 13.8 Å². The van der Waals surface area contributed by atoms with Gasteiger partial charge in [-0.3, -0.25) is 5.10 Å². The molecular formula is C15H24N2Si. The molecule has 18 heavy (non-hydrogen) atoms. The van der Waals surface area contributed by atoms with Gasteiger partial charge in [0.15, 0.2) is 0 Å². The van der Waals surface area contributed by atoms with Crippen molar-refractivity contribution in [3.05, 3.63) is 39.9 Å². The highest BCUT2D eigenvalue weighted by molar-refractivity contribution is 6.83. The summed E-state index contributed by atoms with van der Waals surface area (Å²) in [5.41, 5.74) is 5.38. The van der Waals surface area contributed by atoms with Crippen molar-refractivity contribution in [1.29, 1.82) is 0 Å². The van der Waals surface area contributed by atoms with Crippen LogP contribution in [0.3, 0.4) is 0 Å². The fourth-order valence-corrected chi connectivity index (χ4v) is 4.68. The van der Waals surface area contributed by atoms with Crippen molar-refractivity contribution in [2.75, 3.05) is 0 Å². The molecule has 1 heterocycles. The van der Waals surface area contributed by atoms with E-state index in [4.69, 9.17) is 0 Å². The molecule has 2 nitrogen and oxygen atoms in total. The Morgan fingerprint density at radius 2 is 1.94 bits per heavy atom. The third kappa shape index (κ3) is 2.66. The van der Waals surface area contributed by atoms with Gasteiger partial charge in [0.1, 0.15) is 0 Å². The van der Waals surface area contributed by atoms with E-state index >= 15 is 0 Å². The summed E-state index contributed by atoms with van der Waals surface area (Å²) in [5.74, 6) is 0. The molecule has 0 bridgehead atoms. The van der Waals surface area contributed by atoms with Gasteiger partial charge in [-0.15, -0.1) is 0 Å². The van der Waals surface area contributed by atoms with Crippen LogP contribution < -0.4 is 0 Å². The van der Waals surface area contributed by atoms with E-state index in [0.29, 0.717) is 0 Å². The fraction of sp³-hybridized carbons (Fsp3) is 0.533. The molecule has 0 saturated heterocycles. The maximum absolute atomic E-state index is 4.28. The standard InChI is InChI=1S/C15H24N2Si/c1-11-14(12(2)17-16-11)10-9-13-7-6-8-15(13)18(3,4)5/h6-7H,8-10H2,1-5H3,(H,16,17). The van der Waals surface area contributed by atoms with Gasteiger partial charge in [-0.25, -0.2) is 0 Å². The lowest BCUT2D eigenvalue weighted by atomic mass is 10.0. The maximum atomic E-state index is 4.28. The van der Waals surface area contributed by atoms with Crippen molar-refractivity contribution in [2.45, 2.75) is 52.8 Å². The molecule has 0 aliphatic heterocycles. The van der Waals surface area contributed by atoms with E-state index in [0.717, 1.165) is 18.5 Å². The van der Waals surface area contributed by atoms with Crippen LogP contribution in [0.4, 0.5) is 0 Å². The summed E-state index contributed by atoms with van der Waals surface area (Å²) in [4.78, 5) is 0. The second kappa shape index (κ2) is 4.88. The predicted octanol–water partition coefficient (Wildman–Crippen LogP) is 4.09. The molecule has 1 aromatic heterocycles. The molecule has 0 aromatic carbocycles. The fourth-order valence-electron chi connectivity index (χ4n) is 2.77. The highest BCUT2D eigenvalue weighted by Crippen LogP contribution is 2.31. The highest BCUT2D eigenvalue weighted by atomic mass is 28.3. The summed E-state index contributed by atoms with van der Waals surface area (Å²) in [6, 6.07) is 0. The van der Waals surface area contributed by atoms with E-state index in [2.05, 4.69) is 55.8 Å². The smallest absolute Gasteiger partial charge is 0.0732 e. The van der Waals surface area contributed by atoms with Crippen LogP contribution in [0.15, 0.2) is 22.9 Å². The van der Waals surface area contributed by atoms with Gasteiger partial charge < -0.3 is 0 Å². The molecule has 1 aliphatic rings. The maximum Gasteiger partial charge on any atom is 0.0732 e. The third-order valence-electron chi connectivity index (χ3n) is 3.86. The Labute approximate surface area is 111 Å². The number of aryl methyl sites for hydroxylation is 2. The molecule has 0 radical (unpaired) electrons. The van der Waals surface area contributed by atoms with Crippen LogP contribution in [-0.4, -0.2) is 18.3 Å². The van der Waals surface area contributed by atoms with Crippen LogP contribution >= 0.6 is 0 Å². The molecular weight excluding hydrogens is 236 g/mol. The average Bonchev–Trinajstić information content (AvgIpc) is 2.84. The number of allylic oxidation sites excluding steroid dienone is 4. The summed E-state index contributed by atoms with van der Waals surface area (Å²) in [6.45, 7) is 11.6. The molecule has 98 valence electrons. The number of hydrogen-bond acceptors (Lipinski definition) is 1. The Morgan fingerprint density at radius 1 is 1.22 bits per heavy atom. The van der Waals surface area contributed by atoms with Crippen molar-refractivity contribution in [1.82, 2.24) is 10.2 Å². The van der Waals surface area contributed by atoms with E-state index in [1.807, 2.05) is 0 Å². The second-order valence-electron chi connectivity index (χ2n) is 6.27. The van der Waals surface area contributed by atoms with E-state index in [1.165, 1.54) is 17.7 Å². The molecule has 0 amide bonds. The van der Waals surface area contributed by atoms with Gasteiger partial charge in [0, 0.05) is 5.69 Å². The lowest BCUT2D eigenvalue weighted by molar-refractivity contribution is 0.941. The summed E-state index contributed by atoms with van der Waals surface area (Å²) >= 11 is 0. The first-order chi connectivity index (χ1) is 8.39. The first-order valence-corrected chi connectivity index (χ1v) is 10.3. The summed E-state index contributed by atoms with van der Waals surface area (Å²) in [5, 5.41) is 9.09. The SMILES string of the molecule is Cc1n[nH]c(C)c1CCC1=C([Si](C)(C)C)CC=C1. The van der Waals surface area contributed by atoms with E-state index < -0.39 is 8.07 Å². The van der Waals surface area contributed by atoms with Crippen LogP contribution in [0.25, 0.3) is 0 Å². The van der Waals surface area contributed by atoms with Crippen molar-refractivity contribution in [3.63, 3.8) is 0 Å². The second-order valence-corrected chi connectivity index (χ2v) is 11.4. The molecule has 3 heteroatoms. The van der Waals surface area contributed by atoms with Gasteiger partial charge in [0.2, 0.25) is 0 Å². The van der Waals surface area contributed by atoms with Crippen LogP contribution in [0.1, 0.15) is 29.8 Å². The molecule has 1 aliphatic carbocycles. The van der Waals surface area contributed by atoms with Gasteiger partial charge in [0.05, 0.1) is 13.8 Å². The number of aromatic nitrogens is 2. The van der Waals surface area contributed by atoms with Gasteiger partial charge in [0.25, 0.3) is 0 Å². The third-order valence-corrected chi connectivity index (χ3v) is 6.19. The average molecular weight is 260 g/mol. The van der Waals surface area contributed by atoms with E-state index in [9.17, 15) is 0 Å². The Kier molecular flexibility index (Phi) is 3.62. The number of hydrogen-bond donors (Lipinski definition) is 1. The highest BCUT2D eigenvalue weighted by Gasteiger charge is 2.23. The number of rotatable bonds is 4. The van der Waals surface area contributed by atoms with Gasteiger partial charge in [-0.2, -0.15) is 5.10 Å². The minimum absolute atomic E-state index is 1.11. The zero-order chi connectivity index (χ0) is 13.3. The summed E-state index contributed by atoms with van der Waals surface area (Å²) in [7, 11) is -1.14. The molecule has 0 fully saturated rings. The molecule has 0 spiro atoms. The van der Waals surface area contributed by atoms with Crippen molar-refractivity contribution >= 4 is 8.07 Å². The van der Waals surface area contributed by atoms with Crippen LogP contribution in [0.2, 0.25) is 19.6 Å². The van der Waals surface area contributed by atoms with E-state index in [-0.39, 0.29) is 0 Å². The normalized spacial score (nSPS) is 15.8. The van der Waals surface area contributed by atoms with Gasteiger partial charge in [-0.1, -0.05) is 42.6 Å². The molecule has 0 atom stereocenters. The van der Waals surface area contributed by atoms with E-state index in [1.54, 1.807) is 10.8 Å². The van der Waals surface area contributed by atoms with Crippen molar-refractivity contribution in [2.24, 2.45) is 0 Å². The van der Waals surface area contributed by atoms with Crippen molar-refractivity contribution in [3.8, 4) is 0 Å². The largest absolute Gasteiger partial charge is 0.282 e. The number of nitrogens with zero attached hydrogens (tertiary/aromatic N) is 1. The summed E-state index contributed by atoms with van der Waals surface area (Å²) < 4.78 is 0. The number of nitrogens with one attached hydrogen (secondary N) is 1. The summed E-state index contributed by atoms with van der Waals surface area (Å²) in [6.07, 6.45) is 8.14. The zero-order valence-corrected chi connectivity index (χ0v) is 13.2. The Hall–Kier alpha value is -1.09. The first kappa shape index (κ1) is 13.3. The predicted molar refractivity (Wildman–Crippen MR) is 80.5 cm³/mol. The molecule has 2 rings (SSSR count).